The standard InChI is InChI=1S/C15H21IN2O4/c1-4-9-5-11(18-13(20)6-10(16)14(18)21)15(22)17(9)7-12(19)8(2)3/h8-11H,4-7H2,1-3H3. The number of rotatable bonds is 5. The lowest BCUT2D eigenvalue weighted by molar-refractivity contribution is -0.147. The molecule has 22 heavy (non-hydrogen) atoms. The van der Waals surface area contributed by atoms with Gasteiger partial charge >= 0.3 is 0 Å². The number of imide groups is 1. The zero-order valence-electron chi connectivity index (χ0n) is 13.0. The number of Topliss-reactive ketones (excluding diaryl/α,β-unsaturated/α-hetero) is 1. The van der Waals surface area contributed by atoms with Gasteiger partial charge in [0.15, 0.2) is 5.78 Å². The third-order valence-corrected chi connectivity index (χ3v) is 5.36. The van der Waals surface area contributed by atoms with Crippen molar-refractivity contribution >= 4 is 46.1 Å². The fourth-order valence-corrected chi connectivity index (χ4v) is 3.63. The molecule has 3 atom stereocenters. The minimum atomic E-state index is -0.732. The van der Waals surface area contributed by atoms with Gasteiger partial charge in [0.1, 0.15) is 6.04 Å². The molecule has 7 heteroatoms. The highest BCUT2D eigenvalue weighted by molar-refractivity contribution is 14.1. The molecule has 0 radical (unpaired) electrons. The number of hydrogen-bond acceptors (Lipinski definition) is 4. The van der Waals surface area contributed by atoms with E-state index in [1.807, 2.05) is 29.5 Å². The summed E-state index contributed by atoms with van der Waals surface area (Å²) in [5.41, 5.74) is 0. The topological polar surface area (TPSA) is 74.8 Å². The van der Waals surface area contributed by atoms with E-state index in [1.165, 1.54) is 0 Å². The molecule has 2 rings (SSSR count). The number of ketones is 1. The Kier molecular flexibility index (Phi) is 5.24. The van der Waals surface area contributed by atoms with Gasteiger partial charge in [0.25, 0.3) is 0 Å². The second kappa shape index (κ2) is 6.64. The van der Waals surface area contributed by atoms with Crippen LogP contribution >= 0.6 is 22.6 Å². The lowest BCUT2D eigenvalue weighted by Gasteiger charge is -2.24. The quantitative estimate of drug-likeness (QED) is 0.380. The number of likely N-dealkylation sites (tertiary alicyclic amines) is 2. The molecular formula is C15H21IN2O4. The van der Waals surface area contributed by atoms with Crippen molar-refractivity contribution in [3.8, 4) is 0 Å². The van der Waals surface area contributed by atoms with Crippen LogP contribution in [0, 0.1) is 5.92 Å². The first-order chi connectivity index (χ1) is 10.3. The van der Waals surface area contributed by atoms with Crippen molar-refractivity contribution in [1.82, 2.24) is 9.80 Å². The van der Waals surface area contributed by atoms with Crippen LogP contribution in [0.15, 0.2) is 0 Å². The molecule has 122 valence electrons. The minimum Gasteiger partial charge on any atom is -0.330 e. The van der Waals surface area contributed by atoms with E-state index in [-0.39, 0.29) is 52.4 Å². The Morgan fingerprint density at radius 2 is 1.91 bits per heavy atom. The number of amides is 3. The largest absolute Gasteiger partial charge is 0.330 e. The summed E-state index contributed by atoms with van der Waals surface area (Å²) in [7, 11) is 0. The summed E-state index contributed by atoms with van der Waals surface area (Å²) in [6.45, 7) is 5.61. The predicted octanol–water partition coefficient (Wildman–Crippen LogP) is 1.15. The molecule has 0 aromatic carbocycles. The zero-order chi connectivity index (χ0) is 16.6. The maximum atomic E-state index is 12.6. The Morgan fingerprint density at radius 3 is 2.36 bits per heavy atom. The molecule has 0 bridgehead atoms. The van der Waals surface area contributed by atoms with Gasteiger partial charge in [0.2, 0.25) is 17.7 Å². The van der Waals surface area contributed by atoms with Crippen molar-refractivity contribution in [2.24, 2.45) is 5.92 Å². The molecule has 0 saturated carbocycles. The lowest BCUT2D eigenvalue weighted by Crippen LogP contribution is -2.46. The van der Waals surface area contributed by atoms with E-state index in [1.54, 1.807) is 18.7 Å². The summed E-state index contributed by atoms with van der Waals surface area (Å²) in [6, 6.07) is -0.821. The number of carbonyl (C=O) groups is 4. The molecule has 2 aliphatic rings. The molecule has 2 fully saturated rings. The Hall–Kier alpha value is -0.990. The summed E-state index contributed by atoms with van der Waals surface area (Å²) >= 11 is 1.94. The number of nitrogens with zero attached hydrogens (tertiary/aromatic N) is 2. The van der Waals surface area contributed by atoms with Crippen LogP contribution in [0.1, 0.15) is 40.0 Å². The van der Waals surface area contributed by atoms with Crippen molar-refractivity contribution in [3.05, 3.63) is 0 Å². The Bertz CT molecular complexity index is 520. The van der Waals surface area contributed by atoms with Crippen molar-refractivity contribution in [3.63, 3.8) is 0 Å². The summed E-state index contributed by atoms with van der Waals surface area (Å²) < 4.78 is -0.385. The molecule has 0 N–H and O–H groups in total. The van der Waals surface area contributed by atoms with Gasteiger partial charge in [-0.3, -0.25) is 24.1 Å². The van der Waals surface area contributed by atoms with Crippen LogP contribution in [0.5, 0.6) is 0 Å². The van der Waals surface area contributed by atoms with Crippen molar-refractivity contribution in [2.45, 2.75) is 56.0 Å². The highest BCUT2D eigenvalue weighted by Gasteiger charge is 2.50. The van der Waals surface area contributed by atoms with Gasteiger partial charge in [-0.2, -0.15) is 0 Å². The van der Waals surface area contributed by atoms with Gasteiger partial charge in [-0.05, 0) is 12.8 Å². The minimum absolute atomic E-state index is 0.00158. The summed E-state index contributed by atoms with van der Waals surface area (Å²) in [5.74, 6) is -0.977. The first kappa shape index (κ1) is 17.4. The van der Waals surface area contributed by atoms with Gasteiger partial charge in [-0.15, -0.1) is 0 Å². The molecule has 0 spiro atoms. The second-order valence-electron chi connectivity index (χ2n) is 6.17. The van der Waals surface area contributed by atoms with Crippen LogP contribution in [0.3, 0.4) is 0 Å². The van der Waals surface area contributed by atoms with Gasteiger partial charge in [-0.1, -0.05) is 43.4 Å². The third kappa shape index (κ3) is 3.04. The molecule has 3 amide bonds. The highest BCUT2D eigenvalue weighted by atomic mass is 127. The third-order valence-electron chi connectivity index (χ3n) is 4.39. The Morgan fingerprint density at radius 1 is 1.27 bits per heavy atom. The summed E-state index contributed by atoms with van der Waals surface area (Å²) in [5, 5.41) is 0. The first-order valence-electron chi connectivity index (χ1n) is 7.61. The number of carbonyl (C=O) groups excluding carboxylic acids is 4. The Balaban J connectivity index is 2.19. The maximum Gasteiger partial charge on any atom is 0.246 e. The van der Waals surface area contributed by atoms with E-state index in [0.29, 0.717) is 12.8 Å². The van der Waals surface area contributed by atoms with E-state index >= 15 is 0 Å². The van der Waals surface area contributed by atoms with E-state index < -0.39 is 6.04 Å². The predicted molar refractivity (Wildman–Crippen MR) is 88.3 cm³/mol. The normalized spacial score (nSPS) is 29.1. The monoisotopic (exact) mass is 420 g/mol. The van der Waals surface area contributed by atoms with Crippen LogP contribution < -0.4 is 0 Å². The van der Waals surface area contributed by atoms with Gasteiger partial charge in [-0.25, -0.2) is 0 Å². The molecular weight excluding hydrogens is 399 g/mol. The smallest absolute Gasteiger partial charge is 0.246 e. The maximum absolute atomic E-state index is 12.6. The van der Waals surface area contributed by atoms with Crippen molar-refractivity contribution in [2.75, 3.05) is 6.54 Å². The van der Waals surface area contributed by atoms with Gasteiger partial charge < -0.3 is 4.90 Å². The van der Waals surface area contributed by atoms with Crippen molar-refractivity contribution < 1.29 is 19.2 Å². The number of alkyl halides is 1. The average molecular weight is 420 g/mol. The molecule has 0 aromatic rings. The second-order valence-corrected chi connectivity index (χ2v) is 7.68. The molecule has 0 aliphatic carbocycles. The fourth-order valence-electron chi connectivity index (χ4n) is 2.96. The molecule has 2 saturated heterocycles. The Labute approximate surface area is 143 Å². The average Bonchev–Trinajstić information content (AvgIpc) is 2.88. The van der Waals surface area contributed by atoms with Crippen LogP contribution in [-0.4, -0.2) is 55.9 Å². The molecule has 3 unspecified atom stereocenters. The summed E-state index contributed by atoms with van der Waals surface area (Å²) in [6.07, 6.45) is 1.30. The van der Waals surface area contributed by atoms with Crippen LogP contribution in [-0.2, 0) is 19.2 Å². The van der Waals surface area contributed by atoms with Crippen LogP contribution in [0.25, 0.3) is 0 Å². The number of hydrogen-bond donors (Lipinski definition) is 0. The zero-order valence-corrected chi connectivity index (χ0v) is 15.2. The SMILES string of the molecule is CCC1CC(N2C(=O)CC(I)C2=O)C(=O)N1CC(=O)C(C)C. The lowest BCUT2D eigenvalue weighted by atomic mass is 10.1. The summed E-state index contributed by atoms with van der Waals surface area (Å²) in [4.78, 5) is 51.5. The van der Waals surface area contributed by atoms with E-state index in [9.17, 15) is 19.2 Å². The first-order valence-corrected chi connectivity index (χ1v) is 8.85. The van der Waals surface area contributed by atoms with Gasteiger partial charge in [0.05, 0.1) is 10.5 Å². The number of halogens is 1. The molecule has 0 aromatic heterocycles. The van der Waals surface area contributed by atoms with Crippen molar-refractivity contribution in [1.29, 1.82) is 0 Å². The molecule has 2 heterocycles. The highest BCUT2D eigenvalue weighted by Crippen LogP contribution is 2.31. The fraction of sp³-hybridized carbons (Fsp3) is 0.733. The molecule has 6 nitrogen and oxygen atoms in total. The van der Waals surface area contributed by atoms with E-state index in [0.717, 1.165) is 4.90 Å². The van der Waals surface area contributed by atoms with Crippen LogP contribution in [0.2, 0.25) is 0 Å². The van der Waals surface area contributed by atoms with Gasteiger partial charge in [0, 0.05) is 18.4 Å². The molecule has 2 aliphatic heterocycles. The van der Waals surface area contributed by atoms with Crippen LogP contribution in [0.4, 0.5) is 0 Å². The van der Waals surface area contributed by atoms with E-state index in [2.05, 4.69) is 0 Å². The van der Waals surface area contributed by atoms with E-state index in [4.69, 9.17) is 0 Å².